The van der Waals surface area contributed by atoms with Crippen LogP contribution in [0.4, 0.5) is 4.79 Å². The molecule has 3 rings (SSSR count). The van der Waals surface area contributed by atoms with Crippen molar-refractivity contribution in [3.8, 4) is 0 Å². The minimum Gasteiger partial charge on any atom is -0.460 e. The number of hydrogen-bond acceptors (Lipinski definition) is 10. The van der Waals surface area contributed by atoms with Gasteiger partial charge in [0.1, 0.15) is 42.0 Å². The van der Waals surface area contributed by atoms with Crippen LogP contribution in [0.2, 0.25) is 0 Å². The van der Waals surface area contributed by atoms with Crippen molar-refractivity contribution in [3.05, 3.63) is 12.2 Å². The van der Waals surface area contributed by atoms with Crippen molar-refractivity contribution >= 4 is 41.7 Å². The Morgan fingerprint density at radius 3 is 1.93 bits per heavy atom. The van der Waals surface area contributed by atoms with Crippen molar-refractivity contribution in [2.75, 3.05) is 13.1 Å². The summed E-state index contributed by atoms with van der Waals surface area (Å²) in [5.41, 5.74) is 4.67. The summed E-state index contributed by atoms with van der Waals surface area (Å²) in [7, 11) is 0. The molecule has 3 aliphatic heterocycles. The second-order valence-electron chi connectivity index (χ2n) is 12.8. The highest BCUT2D eigenvalue weighted by molar-refractivity contribution is 5.96. The molecule has 46 heavy (non-hydrogen) atoms. The third-order valence-electron chi connectivity index (χ3n) is 7.97. The smallest absolute Gasteiger partial charge is 0.408 e. The number of nitrogens with one attached hydrogen (secondary N) is 2. The van der Waals surface area contributed by atoms with Gasteiger partial charge in [0.25, 0.3) is 0 Å². The van der Waals surface area contributed by atoms with E-state index in [2.05, 4.69) is 10.6 Å². The number of nitrogens with zero attached hydrogens (tertiary/aromatic N) is 2. The minimum atomic E-state index is -1.36. The number of rotatable bonds is 2. The summed E-state index contributed by atoms with van der Waals surface area (Å²) < 4.78 is 16.3. The summed E-state index contributed by atoms with van der Waals surface area (Å²) in [6.45, 7) is 8.34. The first-order valence-corrected chi connectivity index (χ1v) is 15.8. The van der Waals surface area contributed by atoms with Crippen LogP contribution >= 0.6 is 0 Å². The molecule has 0 saturated carbocycles. The van der Waals surface area contributed by atoms with E-state index < -0.39 is 83.6 Å². The number of fused-ring (bicyclic) bond motifs is 2. The fourth-order valence-corrected chi connectivity index (χ4v) is 5.75. The zero-order valence-corrected chi connectivity index (χ0v) is 27.2. The molecule has 2 saturated heterocycles. The molecular formula is C31H47N5O10. The highest BCUT2D eigenvalue weighted by atomic mass is 16.6. The number of cyclic esters (lactones) is 2. The first-order valence-electron chi connectivity index (χ1n) is 15.8. The van der Waals surface area contributed by atoms with Gasteiger partial charge in [-0.25, -0.2) is 4.79 Å². The van der Waals surface area contributed by atoms with E-state index in [9.17, 15) is 33.6 Å². The van der Waals surface area contributed by atoms with Gasteiger partial charge in [-0.3, -0.25) is 28.8 Å². The van der Waals surface area contributed by atoms with Crippen LogP contribution in [0.5, 0.6) is 0 Å². The maximum absolute atomic E-state index is 14.0. The van der Waals surface area contributed by atoms with Gasteiger partial charge in [-0.05, 0) is 73.1 Å². The SMILES string of the molecule is C[C@H]1OC(=O)CC/C=C/CCC(=O)O[C@H](C)[C@H](NC(=O)OC(C)(C)C)C(=O)N2CCC[C@H]2C(=O)N2CCC[C@H]2C(=O)NC1C(N)=O. The zero-order valence-electron chi connectivity index (χ0n) is 27.2. The van der Waals surface area contributed by atoms with Crippen LogP contribution < -0.4 is 16.4 Å². The molecule has 6 atom stereocenters. The van der Waals surface area contributed by atoms with E-state index in [0.29, 0.717) is 25.7 Å². The van der Waals surface area contributed by atoms with E-state index in [1.165, 1.54) is 23.6 Å². The van der Waals surface area contributed by atoms with E-state index in [1.807, 2.05) is 0 Å². The molecular weight excluding hydrogens is 602 g/mol. The highest BCUT2D eigenvalue weighted by Crippen LogP contribution is 2.26. The van der Waals surface area contributed by atoms with Gasteiger partial charge in [0.05, 0.1) is 0 Å². The Bertz CT molecular complexity index is 1210. The van der Waals surface area contributed by atoms with Crippen molar-refractivity contribution in [1.29, 1.82) is 0 Å². The molecule has 0 aliphatic carbocycles. The maximum atomic E-state index is 14.0. The second kappa shape index (κ2) is 15.9. The van der Waals surface area contributed by atoms with Crippen LogP contribution in [-0.2, 0) is 43.0 Å². The van der Waals surface area contributed by atoms with Crippen LogP contribution in [0.3, 0.4) is 0 Å². The van der Waals surface area contributed by atoms with Gasteiger partial charge in [-0.1, -0.05) is 12.2 Å². The summed E-state index contributed by atoms with van der Waals surface area (Å²) in [5, 5.41) is 5.08. The summed E-state index contributed by atoms with van der Waals surface area (Å²) >= 11 is 0. The molecule has 15 heteroatoms. The van der Waals surface area contributed by atoms with Crippen LogP contribution in [-0.4, -0.2) is 107 Å². The Labute approximate surface area is 268 Å². The third-order valence-corrected chi connectivity index (χ3v) is 7.97. The molecule has 1 unspecified atom stereocenters. The number of allylic oxidation sites excluding steroid dienone is 2. The summed E-state index contributed by atoms with van der Waals surface area (Å²) in [5.74, 6) is -3.87. The Kier molecular flexibility index (Phi) is 12.5. The second-order valence-corrected chi connectivity index (χ2v) is 12.8. The van der Waals surface area contributed by atoms with E-state index in [0.717, 1.165) is 0 Å². The lowest BCUT2D eigenvalue weighted by atomic mass is 10.1. The molecule has 0 aromatic carbocycles. The first kappa shape index (κ1) is 36.3. The van der Waals surface area contributed by atoms with Crippen molar-refractivity contribution in [3.63, 3.8) is 0 Å². The van der Waals surface area contributed by atoms with E-state index >= 15 is 0 Å². The molecule has 2 fully saturated rings. The minimum absolute atomic E-state index is 0.0231. The fourth-order valence-electron chi connectivity index (χ4n) is 5.75. The van der Waals surface area contributed by atoms with Crippen LogP contribution in [0.15, 0.2) is 12.2 Å². The number of alkyl carbamates (subject to hydrolysis) is 1. The number of ether oxygens (including phenoxy) is 3. The molecule has 256 valence electrons. The molecule has 15 nitrogen and oxygen atoms in total. The Balaban J connectivity index is 1.92. The van der Waals surface area contributed by atoms with Crippen molar-refractivity contribution in [2.24, 2.45) is 5.73 Å². The largest absolute Gasteiger partial charge is 0.460 e. The Morgan fingerprint density at radius 1 is 0.870 bits per heavy atom. The molecule has 3 heterocycles. The molecule has 0 spiro atoms. The summed E-state index contributed by atoms with van der Waals surface area (Å²) in [6.07, 6.45) is 2.42. The third kappa shape index (κ3) is 9.91. The normalized spacial score (nSPS) is 30.1. The lowest BCUT2D eigenvalue weighted by Crippen LogP contribution is -2.60. The lowest BCUT2D eigenvalue weighted by molar-refractivity contribution is -0.156. The number of carbonyl (C=O) groups is 7. The molecule has 0 bridgehead atoms. The van der Waals surface area contributed by atoms with Crippen molar-refractivity contribution in [2.45, 2.75) is 128 Å². The monoisotopic (exact) mass is 649 g/mol. The van der Waals surface area contributed by atoms with Crippen molar-refractivity contribution in [1.82, 2.24) is 20.4 Å². The Morgan fingerprint density at radius 2 is 1.39 bits per heavy atom. The maximum Gasteiger partial charge on any atom is 0.408 e. The van der Waals surface area contributed by atoms with Gasteiger partial charge in [-0.15, -0.1) is 0 Å². The summed E-state index contributed by atoms with van der Waals surface area (Å²) in [6, 6.07) is -4.59. The molecule has 5 amide bonds. The molecule has 4 N–H and O–H groups in total. The molecule has 0 aromatic heterocycles. The number of esters is 2. The molecule has 0 radical (unpaired) electrons. The number of nitrogens with two attached hydrogens (primary N) is 1. The predicted molar refractivity (Wildman–Crippen MR) is 162 cm³/mol. The van der Waals surface area contributed by atoms with Crippen LogP contribution in [0, 0.1) is 0 Å². The van der Waals surface area contributed by atoms with Crippen LogP contribution in [0.1, 0.15) is 86.0 Å². The quantitative estimate of drug-likeness (QED) is 0.218. The van der Waals surface area contributed by atoms with Gasteiger partial charge in [0, 0.05) is 25.9 Å². The number of hydrogen-bond donors (Lipinski definition) is 3. The average molecular weight is 650 g/mol. The standard InChI is InChI=1S/C31H47N5O10/c1-18-24(26(32)39)33-27(40)20-12-10-16-35(20)28(41)21-13-11-17-36(21)29(42)25(34-30(43)46-31(3,4)5)19(2)45-23(38)15-9-7-6-8-14-22(37)44-18/h6-7,18-21,24-25H,8-17H2,1-5H3,(H2,32,39)(H,33,40)(H,34,43)/b7-6+/t18-,19-,20+,21+,24?,25+/m1/s1. The average Bonchev–Trinajstić information content (AvgIpc) is 3.64. The van der Waals surface area contributed by atoms with Gasteiger partial charge in [0.2, 0.25) is 23.6 Å². The Hall–Kier alpha value is -4.17. The van der Waals surface area contributed by atoms with E-state index in [-0.39, 0.29) is 38.8 Å². The van der Waals surface area contributed by atoms with Gasteiger partial charge >= 0.3 is 18.0 Å². The first-order chi connectivity index (χ1) is 21.6. The number of amides is 5. The fraction of sp³-hybridized carbons (Fsp3) is 0.710. The zero-order chi connectivity index (χ0) is 34.2. The van der Waals surface area contributed by atoms with Crippen molar-refractivity contribution < 1.29 is 47.8 Å². The molecule has 0 aromatic rings. The topological polar surface area (TPSA) is 204 Å². The van der Waals surface area contributed by atoms with Gasteiger partial charge in [0.15, 0.2) is 0 Å². The lowest BCUT2D eigenvalue weighted by Gasteiger charge is -2.34. The molecule has 3 aliphatic rings. The predicted octanol–water partition coefficient (Wildman–Crippen LogP) is 0.825. The number of carbonyl (C=O) groups excluding carboxylic acids is 7. The summed E-state index contributed by atoms with van der Waals surface area (Å²) in [4.78, 5) is 94.1. The van der Waals surface area contributed by atoms with E-state index in [1.54, 1.807) is 32.9 Å². The highest BCUT2D eigenvalue weighted by Gasteiger charge is 2.45. The van der Waals surface area contributed by atoms with Gasteiger partial charge in [-0.2, -0.15) is 0 Å². The van der Waals surface area contributed by atoms with E-state index in [4.69, 9.17) is 19.9 Å². The van der Waals surface area contributed by atoms with Crippen LogP contribution in [0.25, 0.3) is 0 Å². The number of primary amides is 1. The van der Waals surface area contributed by atoms with Gasteiger partial charge < -0.3 is 40.4 Å².